The Labute approximate surface area is 119 Å². The van der Waals surface area contributed by atoms with E-state index in [-0.39, 0.29) is 0 Å². The summed E-state index contributed by atoms with van der Waals surface area (Å²) in [6.07, 6.45) is 2.37. The van der Waals surface area contributed by atoms with Gasteiger partial charge in [0.1, 0.15) is 5.75 Å². The molecule has 1 heterocycles. The van der Waals surface area contributed by atoms with Crippen molar-refractivity contribution in [3.63, 3.8) is 0 Å². The van der Waals surface area contributed by atoms with Crippen LogP contribution in [0, 0.1) is 0 Å². The van der Waals surface area contributed by atoms with Gasteiger partial charge in [-0.25, -0.2) is 4.68 Å². The van der Waals surface area contributed by atoms with E-state index in [1.54, 1.807) is 7.11 Å². The van der Waals surface area contributed by atoms with E-state index < -0.39 is 0 Å². The lowest BCUT2D eigenvalue weighted by Gasteiger charge is -2.08. The smallest absolute Gasteiger partial charge is 0.169 e. The summed E-state index contributed by atoms with van der Waals surface area (Å²) in [5.41, 5.74) is 8.10. The third-order valence-corrected chi connectivity index (χ3v) is 3.93. The van der Waals surface area contributed by atoms with Crippen molar-refractivity contribution in [1.82, 2.24) is 15.0 Å². The first-order valence-corrected chi connectivity index (χ1v) is 6.99. The molecule has 0 radical (unpaired) electrons. The fourth-order valence-electron chi connectivity index (χ4n) is 2.21. The normalized spacial score (nSPS) is 14.6. The van der Waals surface area contributed by atoms with Crippen molar-refractivity contribution in [2.75, 3.05) is 12.8 Å². The van der Waals surface area contributed by atoms with Gasteiger partial charge in [-0.15, -0.1) is 5.10 Å². The monoisotopic (exact) mass is 322 g/mol. The van der Waals surface area contributed by atoms with Crippen LogP contribution in [-0.2, 0) is 6.54 Å². The summed E-state index contributed by atoms with van der Waals surface area (Å²) in [6, 6.07) is 6.00. The molecule has 2 aromatic rings. The summed E-state index contributed by atoms with van der Waals surface area (Å²) < 4.78 is 8.07. The van der Waals surface area contributed by atoms with Crippen LogP contribution in [0.5, 0.6) is 5.75 Å². The number of hydrogen-bond donors (Lipinski definition) is 1. The maximum Gasteiger partial charge on any atom is 0.169 e. The Morgan fingerprint density at radius 2 is 2.26 bits per heavy atom. The fraction of sp³-hybridized carbons (Fsp3) is 0.385. The molecule has 3 rings (SSSR count). The van der Waals surface area contributed by atoms with Gasteiger partial charge in [-0.05, 0) is 46.5 Å². The minimum atomic E-state index is 0.539. The molecule has 1 aliphatic rings. The SMILES string of the molecule is COc1ccc(Cn2nnc(N)c2C2CC2)cc1Br. The maximum absolute atomic E-state index is 5.89. The Kier molecular flexibility index (Phi) is 3.18. The summed E-state index contributed by atoms with van der Waals surface area (Å²) in [4.78, 5) is 0. The van der Waals surface area contributed by atoms with Crippen LogP contribution in [0.2, 0.25) is 0 Å². The zero-order chi connectivity index (χ0) is 13.4. The number of nitrogens with zero attached hydrogens (tertiary/aromatic N) is 3. The molecule has 0 atom stereocenters. The number of aromatic nitrogens is 3. The lowest BCUT2D eigenvalue weighted by Crippen LogP contribution is -2.06. The highest BCUT2D eigenvalue weighted by Crippen LogP contribution is 2.42. The number of halogens is 1. The van der Waals surface area contributed by atoms with E-state index in [0.717, 1.165) is 21.5 Å². The van der Waals surface area contributed by atoms with E-state index in [1.165, 1.54) is 12.8 Å². The first kappa shape index (κ1) is 12.5. The highest BCUT2D eigenvalue weighted by molar-refractivity contribution is 9.10. The van der Waals surface area contributed by atoms with Crippen molar-refractivity contribution in [2.24, 2.45) is 0 Å². The molecular formula is C13H15BrN4O. The number of ether oxygens (including phenoxy) is 1. The molecule has 6 heteroatoms. The molecule has 5 nitrogen and oxygen atoms in total. The van der Waals surface area contributed by atoms with Gasteiger partial charge in [-0.1, -0.05) is 11.3 Å². The lowest BCUT2D eigenvalue weighted by molar-refractivity contribution is 0.412. The van der Waals surface area contributed by atoms with Crippen molar-refractivity contribution < 1.29 is 4.74 Å². The van der Waals surface area contributed by atoms with E-state index in [4.69, 9.17) is 10.5 Å². The summed E-state index contributed by atoms with van der Waals surface area (Å²) in [7, 11) is 1.66. The van der Waals surface area contributed by atoms with Crippen LogP contribution < -0.4 is 10.5 Å². The fourth-order valence-corrected chi connectivity index (χ4v) is 2.80. The molecule has 0 unspecified atom stereocenters. The summed E-state index contributed by atoms with van der Waals surface area (Å²) >= 11 is 3.49. The van der Waals surface area contributed by atoms with E-state index in [9.17, 15) is 0 Å². The summed E-state index contributed by atoms with van der Waals surface area (Å²) in [5.74, 6) is 1.93. The molecule has 1 saturated carbocycles. The molecule has 2 N–H and O–H groups in total. The Morgan fingerprint density at radius 3 is 2.89 bits per heavy atom. The van der Waals surface area contributed by atoms with Crippen LogP contribution in [0.3, 0.4) is 0 Å². The van der Waals surface area contributed by atoms with Gasteiger partial charge in [-0.2, -0.15) is 0 Å². The maximum atomic E-state index is 5.89. The number of hydrogen-bond acceptors (Lipinski definition) is 4. The second-order valence-corrected chi connectivity index (χ2v) is 5.62. The first-order valence-electron chi connectivity index (χ1n) is 6.20. The molecule has 1 fully saturated rings. The third-order valence-electron chi connectivity index (χ3n) is 3.31. The molecule has 1 aromatic heterocycles. The number of rotatable bonds is 4. The summed E-state index contributed by atoms with van der Waals surface area (Å²) in [5, 5.41) is 8.12. The predicted octanol–water partition coefficient (Wildman–Crippen LogP) is 2.56. The van der Waals surface area contributed by atoms with Crippen LogP contribution in [-0.4, -0.2) is 22.1 Å². The van der Waals surface area contributed by atoms with Crippen molar-refractivity contribution in [3.8, 4) is 5.75 Å². The molecule has 0 spiro atoms. The number of nitrogen functional groups attached to an aromatic ring is 1. The van der Waals surface area contributed by atoms with Gasteiger partial charge in [0.2, 0.25) is 0 Å². The van der Waals surface area contributed by atoms with E-state index in [0.29, 0.717) is 18.3 Å². The van der Waals surface area contributed by atoms with Gasteiger partial charge < -0.3 is 10.5 Å². The van der Waals surface area contributed by atoms with Crippen LogP contribution >= 0.6 is 15.9 Å². The highest BCUT2D eigenvalue weighted by Gasteiger charge is 2.30. The van der Waals surface area contributed by atoms with Gasteiger partial charge in [0, 0.05) is 5.92 Å². The molecule has 100 valence electrons. The summed E-state index contributed by atoms with van der Waals surface area (Å²) in [6.45, 7) is 0.679. The second kappa shape index (κ2) is 4.85. The van der Waals surface area contributed by atoms with Crippen molar-refractivity contribution in [3.05, 3.63) is 33.9 Å². The number of nitrogens with two attached hydrogens (primary N) is 1. The van der Waals surface area contributed by atoms with Crippen LogP contribution in [0.4, 0.5) is 5.82 Å². The van der Waals surface area contributed by atoms with Crippen molar-refractivity contribution >= 4 is 21.7 Å². The molecule has 19 heavy (non-hydrogen) atoms. The Balaban J connectivity index is 1.87. The van der Waals surface area contributed by atoms with Gasteiger partial charge in [0.25, 0.3) is 0 Å². The predicted molar refractivity (Wildman–Crippen MR) is 76.2 cm³/mol. The Hall–Kier alpha value is -1.56. The Bertz CT molecular complexity index is 607. The van der Waals surface area contributed by atoms with Crippen LogP contribution in [0.25, 0.3) is 0 Å². The van der Waals surface area contributed by atoms with Crippen LogP contribution in [0.15, 0.2) is 22.7 Å². The molecule has 0 saturated heterocycles. The number of benzene rings is 1. The minimum absolute atomic E-state index is 0.539. The van der Waals surface area contributed by atoms with E-state index in [1.807, 2.05) is 22.9 Å². The van der Waals surface area contributed by atoms with Crippen molar-refractivity contribution in [1.29, 1.82) is 0 Å². The third kappa shape index (κ3) is 2.45. The number of anilines is 1. The molecular weight excluding hydrogens is 308 g/mol. The van der Waals surface area contributed by atoms with Gasteiger partial charge in [0.05, 0.1) is 23.8 Å². The average molecular weight is 323 g/mol. The highest BCUT2D eigenvalue weighted by atomic mass is 79.9. The molecule has 0 amide bonds. The van der Waals surface area contributed by atoms with Gasteiger partial charge in [0.15, 0.2) is 5.82 Å². The number of methoxy groups -OCH3 is 1. The zero-order valence-electron chi connectivity index (χ0n) is 10.6. The lowest BCUT2D eigenvalue weighted by atomic mass is 10.2. The molecule has 0 aliphatic heterocycles. The Morgan fingerprint density at radius 1 is 1.47 bits per heavy atom. The largest absolute Gasteiger partial charge is 0.496 e. The van der Waals surface area contributed by atoms with Gasteiger partial charge >= 0.3 is 0 Å². The van der Waals surface area contributed by atoms with Crippen LogP contribution in [0.1, 0.15) is 30.0 Å². The van der Waals surface area contributed by atoms with E-state index >= 15 is 0 Å². The van der Waals surface area contributed by atoms with Gasteiger partial charge in [-0.3, -0.25) is 0 Å². The second-order valence-electron chi connectivity index (χ2n) is 4.76. The first-order chi connectivity index (χ1) is 9.19. The molecule has 0 bridgehead atoms. The molecule has 1 aliphatic carbocycles. The quantitative estimate of drug-likeness (QED) is 0.939. The minimum Gasteiger partial charge on any atom is -0.496 e. The molecule has 1 aromatic carbocycles. The van der Waals surface area contributed by atoms with E-state index in [2.05, 4.69) is 26.2 Å². The average Bonchev–Trinajstić information content (AvgIpc) is 3.15. The topological polar surface area (TPSA) is 66.0 Å². The standard InChI is InChI=1S/C13H15BrN4O/c1-19-11-5-2-8(6-10(11)14)7-18-12(9-3-4-9)13(15)16-17-18/h2,5-6,9H,3-4,7,15H2,1H3. The van der Waals surface area contributed by atoms with Crippen molar-refractivity contribution in [2.45, 2.75) is 25.3 Å². The zero-order valence-corrected chi connectivity index (χ0v) is 12.2.